The molecule has 0 fully saturated rings. The van der Waals surface area contributed by atoms with E-state index < -0.39 is 19.2 Å². The minimum atomic E-state index is -4.13. The number of benzene rings is 3. The summed E-state index contributed by atoms with van der Waals surface area (Å²) in [5.74, 6) is -1.58. The van der Waals surface area contributed by atoms with Gasteiger partial charge in [-0.1, -0.05) is 47.5 Å². The maximum absolute atomic E-state index is 15.9. The summed E-state index contributed by atoms with van der Waals surface area (Å²) in [5, 5.41) is 8.85. The van der Waals surface area contributed by atoms with Crippen LogP contribution in [0.2, 0.25) is 5.02 Å². The van der Waals surface area contributed by atoms with Crippen molar-refractivity contribution in [3.05, 3.63) is 99.5 Å². The highest BCUT2D eigenvalue weighted by Gasteiger charge is 2.40. The van der Waals surface area contributed by atoms with Crippen molar-refractivity contribution in [3.8, 4) is 6.07 Å². The molecule has 3 aromatic carbocycles. The lowest BCUT2D eigenvalue weighted by atomic mass is 10.1. The molecule has 9 heteroatoms. The van der Waals surface area contributed by atoms with Crippen molar-refractivity contribution >= 4 is 52.5 Å². The van der Waals surface area contributed by atoms with Crippen LogP contribution >= 0.6 is 19.0 Å². The van der Waals surface area contributed by atoms with E-state index in [2.05, 4.69) is 0 Å². The Morgan fingerprint density at radius 2 is 1.85 bits per heavy atom. The molecule has 0 aliphatic heterocycles. The van der Waals surface area contributed by atoms with Gasteiger partial charge in [-0.2, -0.15) is 5.26 Å². The standard InChI is InChI=1S/C30H27ClFN2O4P/c1-5-38-30(35)28-29(39(36,37-4)23-16-20(3)15-22(17-23)7-6-14-33)26-25(13-12-24(31)27(26)32)34(28)18-21-10-8-19(2)9-11-21/h6-13,15-17H,5,18H2,1-4H3/b7-6+. The SMILES string of the molecule is CCOC(=O)c1c(P(=O)(OC)c2cc(C)cc(/C=C/C#N)c2)c2c(F)c(Cl)ccc2n1Cc1ccc(C)cc1. The average molecular weight is 565 g/mol. The highest BCUT2D eigenvalue weighted by atomic mass is 35.5. The van der Waals surface area contributed by atoms with Gasteiger partial charge in [0.1, 0.15) is 5.69 Å². The lowest BCUT2D eigenvalue weighted by molar-refractivity contribution is 0.0516. The lowest BCUT2D eigenvalue weighted by Gasteiger charge is -2.20. The molecule has 1 atom stereocenters. The minimum absolute atomic E-state index is 0.0540. The molecule has 1 unspecified atom stereocenters. The fourth-order valence-electron chi connectivity index (χ4n) is 4.61. The third kappa shape index (κ3) is 5.42. The average Bonchev–Trinajstić information content (AvgIpc) is 3.25. The van der Waals surface area contributed by atoms with E-state index in [9.17, 15) is 9.36 Å². The van der Waals surface area contributed by atoms with Crippen molar-refractivity contribution in [1.29, 1.82) is 5.26 Å². The van der Waals surface area contributed by atoms with Crippen LogP contribution in [0.4, 0.5) is 4.39 Å². The quantitative estimate of drug-likeness (QED) is 0.135. The normalized spacial score (nSPS) is 12.9. The van der Waals surface area contributed by atoms with Gasteiger partial charge < -0.3 is 13.8 Å². The van der Waals surface area contributed by atoms with Gasteiger partial charge in [0.15, 0.2) is 5.82 Å². The number of allylic oxidation sites excluding steroid dienone is 1. The third-order valence-electron chi connectivity index (χ3n) is 6.35. The summed E-state index contributed by atoms with van der Waals surface area (Å²) < 4.78 is 43.5. The van der Waals surface area contributed by atoms with Gasteiger partial charge >= 0.3 is 5.97 Å². The van der Waals surface area contributed by atoms with Crippen LogP contribution in [0.5, 0.6) is 0 Å². The number of fused-ring (bicyclic) bond motifs is 1. The van der Waals surface area contributed by atoms with Crippen molar-refractivity contribution in [1.82, 2.24) is 4.57 Å². The zero-order valence-electron chi connectivity index (χ0n) is 22.0. The summed E-state index contributed by atoms with van der Waals surface area (Å²) in [7, 11) is -2.87. The Morgan fingerprint density at radius 3 is 2.49 bits per heavy atom. The number of nitrogens with zero attached hydrogens (tertiary/aromatic N) is 2. The summed E-state index contributed by atoms with van der Waals surface area (Å²) in [4.78, 5) is 13.5. The summed E-state index contributed by atoms with van der Waals surface area (Å²) in [5.41, 5.74) is 3.49. The Labute approximate surface area is 231 Å². The van der Waals surface area contributed by atoms with Crippen molar-refractivity contribution in [2.45, 2.75) is 27.3 Å². The highest BCUT2D eigenvalue weighted by molar-refractivity contribution is 7.75. The number of aromatic nitrogens is 1. The first-order chi connectivity index (χ1) is 18.6. The number of nitriles is 1. The zero-order chi connectivity index (χ0) is 28.3. The molecule has 0 saturated carbocycles. The summed E-state index contributed by atoms with van der Waals surface area (Å²) >= 11 is 6.22. The molecule has 4 rings (SSSR count). The summed E-state index contributed by atoms with van der Waals surface area (Å²) in [6, 6.07) is 17.7. The van der Waals surface area contributed by atoms with E-state index in [1.54, 1.807) is 42.7 Å². The Kier molecular flexibility index (Phi) is 8.42. The molecule has 0 spiro atoms. The van der Waals surface area contributed by atoms with Crippen LogP contribution in [-0.2, 0) is 20.4 Å². The molecule has 0 saturated heterocycles. The van der Waals surface area contributed by atoms with Gasteiger partial charge in [-0.3, -0.25) is 4.57 Å². The van der Waals surface area contributed by atoms with Crippen LogP contribution in [0.3, 0.4) is 0 Å². The number of carbonyl (C=O) groups excluding carboxylic acids is 1. The third-order valence-corrected chi connectivity index (χ3v) is 9.12. The lowest BCUT2D eigenvalue weighted by Crippen LogP contribution is -2.26. The Hall–Kier alpha value is -3.69. The van der Waals surface area contributed by atoms with E-state index in [0.717, 1.165) is 16.7 Å². The molecule has 1 heterocycles. The number of hydrogen-bond acceptors (Lipinski definition) is 5. The van der Waals surface area contributed by atoms with E-state index in [1.165, 1.54) is 19.3 Å². The second-order valence-electron chi connectivity index (χ2n) is 9.04. The number of ether oxygens (including phenoxy) is 1. The molecule has 0 radical (unpaired) electrons. The van der Waals surface area contributed by atoms with Crippen molar-refractivity contribution in [2.75, 3.05) is 13.7 Å². The van der Waals surface area contributed by atoms with Gasteiger partial charge in [0.25, 0.3) is 7.37 Å². The predicted octanol–water partition coefficient (Wildman–Crippen LogP) is 6.69. The van der Waals surface area contributed by atoms with Crippen molar-refractivity contribution in [3.63, 3.8) is 0 Å². The molecule has 0 bridgehead atoms. The van der Waals surface area contributed by atoms with Gasteiger partial charge in [0.2, 0.25) is 0 Å². The van der Waals surface area contributed by atoms with E-state index >= 15 is 4.39 Å². The fraction of sp³-hybridized carbons (Fsp3) is 0.200. The largest absolute Gasteiger partial charge is 0.461 e. The predicted molar refractivity (Wildman–Crippen MR) is 153 cm³/mol. The second-order valence-corrected chi connectivity index (χ2v) is 11.9. The fourth-order valence-corrected chi connectivity index (χ4v) is 7.11. The maximum atomic E-state index is 15.9. The van der Waals surface area contributed by atoms with Gasteiger partial charge in [0, 0.05) is 25.0 Å². The molecule has 0 aliphatic carbocycles. The van der Waals surface area contributed by atoms with Crippen molar-refractivity contribution in [2.24, 2.45) is 0 Å². The first-order valence-electron chi connectivity index (χ1n) is 12.2. The number of hydrogen-bond donors (Lipinski definition) is 0. The van der Waals surface area contributed by atoms with Gasteiger partial charge in [-0.25, -0.2) is 9.18 Å². The number of halogens is 2. The van der Waals surface area contributed by atoms with E-state index in [4.69, 9.17) is 26.1 Å². The van der Waals surface area contributed by atoms with Crippen LogP contribution in [0, 0.1) is 31.0 Å². The number of rotatable bonds is 8. The van der Waals surface area contributed by atoms with Crippen molar-refractivity contribution < 1.29 is 23.0 Å². The highest BCUT2D eigenvalue weighted by Crippen LogP contribution is 2.49. The van der Waals surface area contributed by atoms with Crippen LogP contribution in [0.15, 0.2) is 60.7 Å². The Bertz CT molecular complexity index is 1690. The summed E-state index contributed by atoms with van der Waals surface area (Å²) in [6.45, 7) is 5.66. The van der Waals surface area contributed by atoms with Crippen LogP contribution in [0.25, 0.3) is 17.0 Å². The van der Waals surface area contributed by atoms with Crippen LogP contribution < -0.4 is 10.6 Å². The molecule has 0 amide bonds. The first-order valence-corrected chi connectivity index (χ1v) is 14.2. The molecule has 0 N–H and O–H groups in total. The minimum Gasteiger partial charge on any atom is -0.461 e. The molecule has 200 valence electrons. The van der Waals surface area contributed by atoms with E-state index in [-0.39, 0.29) is 39.9 Å². The second kappa shape index (κ2) is 11.6. The molecular formula is C30H27ClFN2O4P. The molecule has 1 aromatic heterocycles. The number of aryl methyl sites for hydroxylation is 2. The molecule has 6 nitrogen and oxygen atoms in total. The van der Waals surface area contributed by atoms with Gasteiger partial charge in [-0.05, 0) is 67.8 Å². The molecule has 4 aromatic rings. The molecule has 39 heavy (non-hydrogen) atoms. The Balaban J connectivity index is 2.13. The molecular weight excluding hydrogens is 538 g/mol. The van der Waals surface area contributed by atoms with Gasteiger partial charge in [-0.15, -0.1) is 0 Å². The topological polar surface area (TPSA) is 81.3 Å². The van der Waals surface area contributed by atoms with E-state index in [1.807, 2.05) is 43.3 Å². The number of esters is 1. The number of carbonyl (C=O) groups is 1. The smallest absolute Gasteiger partial charge is 0.355 e. The van der Waals surface area contributed by atoms with E-state index in [0.29, 0.717) is 11.1 Å². The van der Waals surface area contributed by atoms with Gasteiger partial charge in [0.05, 0.1) is 33.9 Å². The van der Waals surface area contributed by atoms with Crippen LogP contribution in [0.1, 0.15) is 39.7 Å². The first kappa shape index (κ1) is 28.3. The van der Waals surface area contributed by atoms with Crippen LogP contribution in [-0.4, -0.2) is 24.3 Å². The zero-order valence-corrected chi connectivity index (χ0v) is 23.6. The monoisotopic (exact) mass is 564 g/mol. The Morgan fingerprint density at radius 1 is 1.13 bits per heavy atom. The maximum Gasteiger partial charge on any atom is 0.355 e. The summed E-state index contributed by atoms with van der Waals surface area (Å²) in [6.07, 6.45) is 2.87. The molecule has 0 aliphatic rings.